The molecule has 0 radical (unpaired) electrons. The molecule has 0 fully saturated rings. The topological polar surface area (TPSA) is 50.2 Å². The molecule has 0 aliphatic carbocycles. The predicted molar refractivity (Wildman–Crippen MR) is 107 cm³/mol. The average Bonchev–Trinajstić information content (AvgIpc) is 3.10. The Morgan fingerprint density at radius 2 is 1.85 bits per heavy atom. The van der Waals surface area contributed by atoms with Crippen molar-refractivity contribution < 1.29 is 4.79 Å². The van der Waals surface area contributed by atoms with Crippen LogP contribution < -0.4 is 5.32 Å². The van der Waals surface area contributed by atoms with Crippen molar-refractivity contribution >= 4 is 22.4 Å². The van der Waals surface area contributed by atoms with E-state index in [2.05, 4.69) is 36.1 Å². The lowest BCUT2D eigenvalue weighted by atomic mass is 10.00. The maximum Gasteiger partial charge on any atom is 0.256 e. The Bertz CT molecular complexity index is 896. The molecular weight excluding hydrogens is 324 g/mol. The fourth-order valence-corrected chi connectivity index (χ4v) is 3.18. The Labute approximate surface area is 154 Å². The van der Waals surface area contributed by atoms with Gasteiger partial charge in [-0.2, -0.15) is 5.10 Å². The molecule has 136 valence electrons. The molecule has 2 aromatic carbocycles. The van der Waals surface area contributed by atoms with Gasteiger partial charge in [0.25, 0.3) is 5.91 Å². The molecule has 1 amide bonds. The molecule has 0 spiro atoms. The van der Waals surface area contributed by atoms with Crippen LogP contribution in [-0.2, 0) is 6.54 Å². The Balaban J connectivity index is 1.72. The molecule has 3 aromatic rings. The van der Waals surface area contributed by atoms with Crippen LogP contribution in [0.15, 0.2) is 48.8 Å². The number of hydrogen-bond acceptors (Lipinski definition) is 3. The number of nitrogens with zero attached hydrogens (tertiary/aromatic N) is 3. The summed E-state index contributed by atoms with van der Waals surface area (Å²) >= 11 is 0. The monoisotopic (exact) mass is 350 g/mol. The van der Waals surface area contributed by atoms with Crippen LogP contribution in [-0.4, -0.2) is 40.2 Å². The number of likely N-dealkylation sites (N-methyl/N-ethyl adjacent to an activating group) is 1. The van der Waals surface area contributed by atoms with Crippen molar-refractivity contribution in [2.24, 2.45) is 0 Å². The highest BCUT2D eigenvalue weighted by molar-refractivity contribution is 6.13. The highest BCUT2D eigenvalue weighted by Crippen LogP contribution is 2.23. The van der Waals surface area contributed by atoms with Gasteiger partial charge < -0.3 is 10.2 Å². The van der Waals surface area contributed by atoms with Gasteiger partial charge in [0.2, 0.25) is 0 Å². The summed E-state index contributed by atoms with van der Waals surface area (Å²) in [7, 11) is 0. The van der Waals surface area contributed by atoms with Crippen LogP contribution in [0.3, 0.4) is 0 Å². The maximum atomic E-state index is 12.8. The van der Waals surface area contributed by atoms with Gasteiger partial charge in [-0.3, -0.25) is 9.48 Å². The van der Waals surface area contributed by atoms with Gasteiger partial charge in [0, 0.05) is 18.3 Å². The third kappa shape index (κ3) is 3.94. The summed E-state index contributed by atoms with van der Waals surface area (Å²) in [6.07, 6.45) is 3.59. The fraction of sp³-hybridized carbons (Fsp3) is 0.333. The van der Waals surface area contributed by atoms with E-state index in [4.69, 9.17) is 0 Å². The van der Waals surface area contributed by atoms with Crippen LogP contribution in [0.5, 0.6) is 0 Å². The highest BCUT2D eigenvalue weighted by Gasteiger charge is 2.12. The van der Waals surface area contributed by atoms with Gasteiger partial charge in [-0.25, -0.2) is 0 Å². The number of anilines is 1. The Hall–Kier alpha value is -2.66. The minimum atomic E-state index is -0.107. The van der Waals surface area contributed by atoms with Crippen LogP contribution in [0.1, 0.15) is 29.8 Å². The predicted octanol–water partition coefficient (Wildman–Crippen LogP) is 3.94. The van der Waals surface area contributed by atoms with Crippen molar-refractivity contribution in [3.8, 4) is 0 Å². The average molecular weight is 350 g/mol. The van der Waals surface area contributed by atoms with Crippen molar-refractivity contribution in [3.63, 3.8) is 0 Å². The zero-order valence-corrected chi connectivity index (χ0v) is 15.7. The number of aryl methyl sites for hydroxylation is 1. The zero-order chi connectivity index (χ0) is 18.5. The number of benzene rings is 2. The van der Waals surface area contributed by atoms with E-state index in [9.17, 15) is 4.79 Å². The maximum absolute atomic E-state index is 12.8. The van der Waals surface area contributed by atoms with Crippen LogP contribution in [0.4, 0.5) is 5.69 Å². The van der Waals surface area contributed by atoms with Crippen LogP contribution in [0, 0.1) is 6.92 Å². The number of fused-ring (bicyclic) bond motifs is 1. The zero-order valence-electron chi connectivity index (χ0n) is 15.7. The van der Waals surface area contributed by atoms with E-state index < -0.39 is 0 Å². The number of nitrogens with one attached hydrogen (secondary N) is 1. The standard InChI is InChI=1S/C21H26N4O/c1-4-24(5-2)12-13-25-15-17(14-22-25)23-21(26)20-11-10-16(3)18-8-6-7-9-19(18)20/h6-11,14-15H,4-5,12-13H2,1-3H3,(H,23,26). The molecule has 0 bridgehead atoms. The number of carbonyl (C=O) groups is 1. The molecule has 5 heteroatoms. The Morgan fingerprint density at radius 3 is 2.58 bits per heavy atom. The first kappa shape index (κ1) is 18.1. The normalized spacial score (nSPS) is 11.2. The van der Waals surface area contributed by atoms with Crippen molar-refractivity contribution in [2.45, 2.75) is 27.3 Å². The van der Waals surface area contributed by atoms with Gasteiger partial charge >= 0.3 is 0 Å². The van der Waals surface area contributed by atoms with E-state index in [1.165, 1.54) is 5.56 Å². The van der Waals surface area contributed by atoms with Gasteiger partial charge in [-0.15, -0.1) is 0 Å². The van der Waals surface area contributed by atoms with E-state index in [1.807, 2.05) is 47.3 Å². The quantitative estimate of drug-likeness (QED) is 0.702. The first-order chi connectivity index (χ1) is 12.6. The smallest absolute Gasteiger partial charge is 0.256 e. The molecular formula is C21H26N4O. The first-order valence-corrected chi connectivity index (χ1v) is 9.17. The minimum Gasteiger partial charge on any atom is -0.319 e. The number of aromatic nitrogens is 2. The van der Waals surface area contributed by atoms with Gasteiger partial charge in [0.05, 0.1) is 18.4 Å². The molecule has 0 aliphatic rings. The third-order valence-electron chi connectivity index (χ3n) is 4.82. The highest BCUT2D eigenvalue weighted by atomic mass is 16.1. The van der Waals surface area contributed by atoms with Gasteiger partial charge in [0.1, 0.15) is 0 Å². The fourth-order valence-electron chi connectivity index (χ4n) is 3.18. The van der Waals surface area contributed by atoms with E-state index >= 15 is 0 Å². The lowest BCUT2D eigenvalue weighted by Crippen LogP contribution is -2.27. The summed E-state index contributed by atoms with van der Waals surface area (Å²) in [5, 5.41) is 9.40. The first-order valence-electron chi connectivity index (χ1n) is 9.17. The van der Waals surface area contributed by atoms with E-state index in [0.29, 0.717) is 5.56 Å². The molecule has 1 heterocycles. The van der Waals surface area contributed by atoms with Crippen molar-refractivity contribution in [1.29, 1.82) is 0 Å². The molecule has 0 atom stereocenters. The lowest BCUT2D eigenvalue weighted by Gasteiger charge is -2.17. The Kier molecular flexibility index (Phi) is 5.68. The molecule has 0 aliphatic heterocycles. The minimum absolute atomic E-state index is 0.107. The number of rotatable bonds is 7. The second-order valence-corrected chi connectivity index (χ2v) is 6.45. The lowest BCUT2D eigenvalue weighted by molar-refractivity contribution is 0.102. The summed E-state index contributed by atoms with van der Waals surface area (Å²) in [6, 6.07) is 11.9. The number of hydrogen-bond donors (Lipinski definition) is 1. The van der Waals surface area contributed by atoms with Gasteiger partial charge in [-0.05, 0) is 42.4 Å². The summed E-state index contributed by atoms with van der Waals surface area (Å²) in [4.78, 5) is 15.1. The second-order valence-electron chi connectivity index (χ2n) is 6.45. The molecule has 5 nitrogen and oxygen atoms in total. The molecule has 26 heavy (non-hydrogen) atoms. The molecule has 3 rings (SSSR count). The SMILES string of the molecule is CCN(CC)CCn1cc(NC(=O)c2ccc(C)c3ccccc23)cn1. The molecule has 1 N–H and O–H groups in total. The van der Waals surface area contributed by atoms with Gasteiger partial charge in [0.15, 0.2) is 0 Å². The summed E-state index contributed by atoms with van der Waals surface area (Å²) in [5.74, 6) is -0.107. The molecule has 0 unspecified atom stereocenters. The molecule has 0 saturated heterocycles. The van der Waals surface area contributed by atoms with E-state index in [-0.39, 0.29) is 5.91 Å². The summed E-state index contributed by atoms with van der Waals surface area (Å²) in [6.45, 7) is 10.2. The number of amides is 1. The largest absolute Gasteiger partial charge is 0.319 e. The van der Waals surface area contributed by atoms with Crippen LogP contribution >= 0.6 is 0 Å². The Morgan fingerprint density at radius 1 is 1.12 bits per heavy atom. The van der Waals surface area contributed by atoms with E-state index in [1.54, 1.807) is 6.20 Å². The third-order valence-corrected chi connectivity index (χ3v) is 4.82. The summed E-state index contributed by atoms with van der Waals surface area (Å²) < 4.78 is 1.88. The number of carbonyl (C=O) groups excluding carboxylic acids is 1. The van der Waals surface area contributed by atoms with Crippen molar-refractivity contribution in [3.05, 3.63) is 59.9 Å². The van der Waals surface area contributed by atoms with E-state index in [0.717, 1.165) is 42.6 Å². The van der Waals surface area contributed by atoms with Crippen LogP contribution in [0.2, 0.25) is 0 Å². The molecule has 0 saturated carbocycles. The van der Waals surface area contributed by atoms with Crippen molar-refractivity contribution in [2.75, 3.05) is 25.0 Å². The molecule has 1 aromatic heterocycles. The van der Waals surface area contributed by atoms with Gasteiger partial charge in [-0.1, -0.05) is 44.2 Å². The van der Waals surface area contributed by atoms with Crippen molar-refractivity contribution in [1.82, 2.24) is 14.7 Å². The second kappa shape index (κ2) is 8.15. The summed E-state index contributed by atoms with van der Waals surface area (Å²) in [5.41, 5.74) is 2.57. The van der Waals surface area contributed by atoms with Crippen LogP contribution in [0.25, 0.3) is 10.8 Å².